The number of thioether (sulfide) groups is 1. The molecule has 0 fully saturated rings. The summed E-state index contributed by atoms with van der Waals surface area (Å²) in [4.78, 5) is 21.8. The molecule has 1 aromatic carbocycles. The molecule has 12 nitrogen and oxygen atoms in total. The summed E-state index contributed by atoms with van der Waals surface area (Å²) in [7, 11) is 0. The first-order chi connectivity index (χ1) is 14.1. The summed E-state index contributed by atoms with van der Waals surface area (Å²) in [6, 6.07) is 7.79. The van der Waals surface area contributed by atoms with Gasteiger partial charge >= 0.3 is 5.88 Å². The highest BCUT2D eigenvalue weighted by molar-refractivity contribution is 7.99. The van der Waals surface area contributed by atoms with E-state index in [0.29, 0.717) is 11.5 Å². The molecule has 0 saturated carbocycles. The molecule has 3 aromatic rings. The van der Waals surface area contributed by atoms with E-state index in [1.54, 1.807) is 18.2 Å². The van der Waals surface area contributed by atoms with Gasteiger partial charge in [-0.05, 0) is 29.8 Å². The van der Waals surface area contributed by atoms with Gasteiger partial charge in [-0.15, -0.1) is 10.2 Å². The second-order valence-electron chi connectivity index (χ2n) is 5.46. The Morgan fingerprint density at radius 3 is 2.93 bits per heavy atom. The van der Waals surface area contributed by atoms with Crippen LogP contribution in [0.2, 0.25) is 0 Å². The van der Waals surface area contributed by atoms with Crippen LogP contribution in [0.5, 0.6) is 11.5 Å². The maximum atomic E-state index is 11.9. The van der Waals surface area contributed by atoms with E-state index in [1.807, 2.05) is 0 Å². The van der Waals surface area contributed by atoms with Crippen LogP contribution in [0.15, 0.2) is 49.5 Å². The minimum atomic E-state index is -0.677. The maximum Gasteiger partial charge on any atom is 0.433 e. The molecule has 0 unspecified atom stereocenters. The van der Waals surface area contributed by atoms with Crippen LogP contribution >= 0.6 is 11.8 Å². The fraction of sp³-hybridized carbons (Fsp3) is 0.125. The molecule has 4 rings (SSSR count). The zero-order valence-electron chi connectivity index (χ0n) is 14.4. The van der Waals surface area contributed by atoms with Crippen molar-refractivity contribution in [2.45, 2.75) is 5.22 Å². The van der Waals surface area contributed by atoms with Crippen molar-refractivity contribution in [1.29, 1.82) is 0 Å². The van der Waals surface area contributed by atoms with E-state index in [-0.39, 0.29) is 35.3 Å². The summed E-state index contributed by atoms with van der Waals surface area (Å²) in [5.41, 5.74) is 3.11. The Morgan fingerprint density at radius 2 is 2.10 bits per heavy atom. The van der Waals surface area contributed by atoms with Crippen LogP contribution in [0.1, 0.15) is 5.56 Å². The van der Waals surface area contributed by atoms with Gasteiger partial charge in [0, 0.05) is 0 Å². The second kappa shape index (κ2) is 8.02. The summed E-state index contributed by atoms with van der Waals surface area (Å²) in [5.74, 6) is 0.456. The Hall–Kier alpha value is -3.87. The summed E-state index contributed by atoms with van der Waals surface area (Å²) >= 11 is 0.981. The third-order valence-electron chi connectivity index (χ3n) is 3.52. The Kier molecular flexibility index (Phi) is 5.11. The van der Waals surface area contributed by atoms with E-state index in [2.05, 4.69) is 20.7 Å². The van der Waals surface area contributed by atoms with Crippen molar-refractivity contribution >= 4 is 29.8 Å². The molecule has 0 atom stereocenters. The summed E-state index contributed by atoms with van der Waals surface area (Å²) in [5, 5.41) is 22.1. The van der Waals surface area contributed by atoms with E-state index < -0.39 is 10.8 Å². The minimum Gasteiger partial charge on any atom is -0.454 e. The molecule has 0 bridgehead atoms. The third kappa shape index (κ3) is 4.35. The lowest BCUT2D eigenvalue weighted by molar-refractivity contribution is -0.401. The van der Waals surface area contributed by atoms with Crippen LogP contribution in [0.4, 0.5) is 5.88 Å². The van der Waals surface area contributed by atoms with E-state index in [4.69, 9.17) is 18.3 Å². The zero-order chi connectivity index (χ0) is 20.2. The number of nitrogens with zero attached hydrogens (tertiary/aromatic N) is 4. The second-order valence-corrected chi connectivity index (χ2v) is 6.39. The first-order valence-electron chi connectivity index (χ1n) is 8.01. The van der Waals surface area contributed by atoms with Crippen molar-refractivity contribution < 1.29 is 28.0 Å². The maximum absolute atomic E-state index is 11.9. The Bertz CT molecular complexity index is 1090. The molecule has 1 aliphatic heterocycles. The molecule has 1 amide bonds. The van der Waals surface area contributed by atoms with Gasteiger partial charge in [0.1, 0.15) is 4.92 Å². The number of fused-ring (bicyclic) bond motifs is 1. The lowest BCUT2D eigenvalue weighted by atomic mass is 10.2. The number of hydrazone groups is 1. The predicted octanol–water partition coefficient (Wildman–Crippen LogP) is 2.21. The van der Waals surface area contributed by atoms with Crippen LogP contribution < -0.4 is 14.9 Å². The SMILES string of the molecule is O=C(CSc1nnc(-c2ccc([N+](=O)[O-])o2)o1)N/N=C/c1ccc2c(c1)OCO2. The number of carbonyl (C=O) groups is 1. The minimum absolute atomic E-state index is 0.0261. The summed E-state index contributed by atoms with van der Waals surface area (Å²) < 4.78 is 20.8. The number of rotatable bonds is 7. The molecule has 148 valence electrons. The summed E-state index contributed by atoms with van der Waals surface area (Å²) in [6.45, 7) is 0.179. The van der Waals surface area contributed by atoms with Gasteiger partial charge in [0.15, 0.2) is 17.3 Å². The Balaban J connectivity index is 1.27. The van der Waals surface area contributed by atoms with E-state index >= 15 is 0 Å². The quantitative estimate of drug-likeness (QED) is 0.262. The van der Waals surface area contributed by atoms with Gasteiger partial charge in [-0.1, -0.05) is 11.8 Å². The molecular weight excluding hydrogens is 406 g/mol. The molecule has 13 heteroatoms. The van der Waals surface area contributed by atoms with Gasteiger partial charge in [0.05, 0.1) is 18.0 Å². The molecule has 1 N–H and O–H groups in total. The van der Waals surface area contributed by atoms with Gasteiger partial charge in [-0.3, -0.25) is 14.9 Å². The number of ether oxygens (including phenoxy) is 2. The van der Waals surface area contributed by atoms with Crippen molar-refractivity contribution in [3.63, 3.8) is 0 Å². The monoisotopic (exact) mass is 417 g/mol. The molecule has 0 aliphatic carbocycles. The van der Waals surface area contributed by atoms with E-state index in [9.17, 15) is 14.9 Å². The van der Waals surface area contributed by atoms with E-state index in [0.717, 1.165) is 17.3 Å². The number of hydrogen-bond donors (Lipinski definition) is 1. The molecule has 0 radical (unpaired) electrons. The van der Waals surface area contributed by atoms with Crippen molar-refractivity contribution in [1.82, 2.24) is 15.6 Å². The van der Waals surface area contributed by atoms with Gasteiger partial charge in [0.25, 0.3) is 17.0 Å². The van der Waals surface area contributed by atoms with Crippen molar-refractivity contribution in [3.8, 4) is 23.1 Å². The standard InChI is InChI=1S/C16H11N5O7S/c22-13(18-17-6-9-1-2-10-12(5-9)26-8-25-10)7-29-16-20-19-15(28-16)11-3-4-14(27-11)21(23)24/h1-6H,7-8H2,(H,18,22)/b17-6+. The van der Waals surface area contributed by atoms with Crippen LogP contribution in [-0.4, -0.2) is 39.8 Å². The highest BCUT2D eigenvalue weighted by Gasteiger charge is 2.18. The average Bonchev–Trinajstić information content (AvgIpc) is 3.45. The fourth-order valence-electron chi connectivity index (χ4n) is 2.24. The molecule has 2 aromatic heterocycles. The first kappa shape index (κ1) is 18.5. The number of amides is 1. The number of nitrogens with one attached hydrogen (secondary N) is 1. The van der Waals surface area contributed by atoms with Gasteiger partial charge in [0.2, 0.25) is 6.79 Å². The van der Waals surface area contributed by atoms with Crippen LogP contribution in [0, 0.1) is 10.1 Å². The third-order valence-corrected chi connectivity index (χ3v) is 4.33. The fourth-order valence-corrected chi connectivity index (χ4v) is 2.80. The smallest absolute Gasteiger partial charge is 0.433 e. The number of aromatic nitrogens is 2. The number of nitro groups is 1. The topological polar surface area (TPSA) is 155 Å². The van der Waals surface area contributed by atoms with Crippen LogP contribution in [0.3, 0.4) is 0 Å². The molecule has 0 saturated heterocycles. The van der Waals surface area contributed by atoms with Crippen molar-refractivity contribution in [2.24, 2.45) is 5.10 Å². The molecule has 29 heavy (non-hydrogen) atoms. The number of hydrogen-bond acceptors (Lipinski definition) is 11. The molecule has 1 aliphatic rings. The zero-order valence-corrected chi connectivity index (χ0v) is 15.2. The van der Waals surface area contributed by atoms with Crippen LogP contribution in [0.25, 0.3) is 11.7 Å². The number of carbonyl (C=O) groups excluding carboxylic acids is 1. The highest BCUT2D eigenvalue weighted by Crippen LogP contribution is 2.32. The lowest BCUT2D eigenvalue weighted by Gasteiger charge is -1.98. The number of furan rings is 1. The molecule has 0 spiro atoms. The first-order valence-corrected chi connectivity index (χ1v) is 8.99. The molecule has 3 heterocycles. The predicted molar refractivity (Wildman–Crippen MR) is 97.7 cm³/mol. The highest BCUT2D eigenvalue weighted by atomic mass is 32.2. The van der Waals surface area contributed by atoms with Gasteiger partial charge in [-0.2, -0.15) is 5.10 Å². The van der Waals surface area contributed by atoms with Crippen molar-refractivity contribution in [3.05, 3.63) is 46.0 Å². The van der Waals surface area contributed by atoms with E-state index in [1.165, 1.54) is 18.3 Å². The Labute approximate surface area is 166 Å². The average molecular weight is 417 g/mol. The number of benzene rings is 1. The lowest BCUT2D eigenvalue weighted by Crippen LogP contribution is -2.19. The van der Waals surface area contributed by atoms with Crippen LogP contribution in [-0.2, 0) is 4.79 Å². The van der Waals surface area contributed by atoms with Crippen molar-refractivity contribution in [2.75, 3.05) is 12.5 Å². The normalized spacial score (nSPS) is 12.4. The molecular formula is C16H11N5O7S. The van der Waals surface area contributed by atoms with Gasteiger partial charge < -0.3 is 18.3 Å². The summed E-state index contributed by atoms with van der Waals surface area (Å²) in [6.07, 6.45) is 1.47. The Morgan fingerprint density at radius 1 is 1.24 bits per heavy atom. The largest absolute Gasteiger partial charge is 0.454 e. The van der Waals surface area contributed by atoms with Gasteiger partial charge in [-0.25, -0.2) is 5.43 Å².